The van der Waals surface area contributed by atoms with Crippen LogP contribution < -0.4 is 10.5 Å². The molecule has 0 fully saturated rings. The number of aliphatic carboxylic acids is 1. The van der Waals surface area contributed by atoms with E-state index in [-0.39, 0.29) is 37.8 Å². The van der Waals surface area contributed by atoms with Crippen molar-refractivity contribution in [1.29, 1.82) is 0 Å². The lowest BCUT2D eigenvalue weighted by atomic mass is 9.98. The summed E-state index contributed by atoms with van der Waals surface area (Å²) in [6.45, 7) is 0. The molecular weight excluding hydrogens is 578 g/mol. The monoisotopic (exact) mass is 592 g/mol. The Morgan fingerprint density at radius 1 is 0.949 bits per heavy atom. The fourth-order valence-corrected chi connectivity index (χ4v) is 5.27. The lowest BCUT2D eigenvalue weighted by Crippen LogP contribution is -2.23. The molecule has 0 aliphatic carbocycles. The minimum Gasteiger partial charge on any atom is -0.480 e. The highest BCUT2D eigenvalue weighted by Gasteiger charge is 2.43. The number of carboxylic acid groups (broad SMARTS) is 1. The lowest BCUT2D eigenvalue weighted by Gasteiger charge is -2.21. The number of nitrogens with one attached hydrogen (secondary N) is 1. The SMILES string of the molecule is N[C@@H](C(=O)O)c1cc(C(F)(F)F)c(Oc2ccc3[nH]cc(S(=O)(=O)c4ccc(Cl)cc4)c3c2)c(C(F)(F)F)c1. The van der Waals surface area contributed by atoms with Gasteiger partial charge < -0.3 is 20.6 Å². The third-order valence-corrected chi connectivity index (χ3v) is 7.66. The maximum Gasteiger partial charge on any atom is 0.420 e. The minimum atomic E-state index is -5.41. The van der Waals surface area contributed by atoms with Crippen LogP contribution in [-0.4, -0.2) is 24.5 Å². The summed E-state index contributed by atoms with van der Waals surface area (Å²) in [5, 5.41) is 9.21. The average molecular weight is 593 g/mol. The Kier molecular flexibility index (Phi) is 7.08. The number of halogens is 7. The molecule has 0 bridgehead atoms. The number of hydrogen-bond acceptors (Lipinski definition) is 5. The number of ether oxygens (including phenoxy) is 1. The Morgan fingerprint density at radius 3 is 2.03 bits per heavy atom. The van der Waals surface area contributed by atoms with Gasteiger partial charge in [0, 0.05) is 22.1 Å². The van der Waals surface area contributed by atoms with E-state index in [1.807, 2.05) is 0 Å². The molecule has 0 aliphatic heterocycles. The van der Waals surface area contributed by atoms with E-state index in [2.05, 4.69) is 4.98 Å². The average Bonchev–Trinajstić information content (AvgIpc) is 3.26. The number of benzene rings is 3. The smallest absolute Gasteiger partial charge is 0.420 e. The molecule has 0 saturated heterocycles. The number of hydrogen-bond donors (Lipinski definition) is 3. The first-order valence-electron chi connectivity index (χ1n) is 10.6. The van der Waals surface area contributed by atoms with E-state index in [9.17, 15) is 39.6 Å². The quantitative estimate of drug-likeness (QED) is 0.218. The summed E-state index contributed by atoms with van der Waals surface area (Å²) in [6, 6.07) is 6.46. The number of aromatic amines is 1. The van der Waals surface area contributed by atoms with Gasteiger partial charge >= 0.3 is 18.3 Å². The van der Waals surface area contributed by atoms with Gasteiger partial charge in [-0.1, -0.05) is 11.6 Å². The Balaban J connectivity index is 1.89. The van der Waals surface area contributed by atoms with Gasteiger partial charge in [0.2, 0.25) is 9.84 Å². The van der Waals surface area contributed by atoms with Crippen molar-refractivity contribution >= 4 is 38.3 Å². The zero-order valence-electron chi connectivity index (χ0n) is 19.1. The van der Waals surface area contributed by atoms with Gasteiger partial charge in [-0.15, -0.1) is 0 Å². The second-order valence-electron chi connectivity index (χ2n) is 8.18. The summed E-state index contributed by atoms with van der Waals surface area (Å²) in [5.74, 6) is -4.06. The van der Waals surface area contributed by atoms with Crippen molar-refractivity contribution in [2.45, 2.75) is 28.2 Å². The molecule has 3 aromatic carbocycles. The molecule has 39 heavy (non-hydrogen) atoms. The third kappa shape index (κ3) is 5.53. The van der Waals surface area contributed by atoms with E-state index < -0.39 is 62.4 Å². The Bertz CT molecular complexity index is 1650. The van der Waals surface area contributed by atoms with Crippen LogP contribution in [0.25, 0.3) is 10.9 Å². The molecule has 1 atom stereocenters. The van der Waals surface area contributed by atoms with Crippen LogP contribution in [0.5, 0.6) is 11.5 Å². The molecule has 1 aromatic heterocycles. The molecule has 0 aliphatic rings. The van der Waals surface area contributed by atoms with Crippen molar-refractivity contribution in [1.82, 2.24) is 4.98 Å². The van der Waals surface area contributed by atoms with E-state index >= 15 is 0 Å². The largest absolute Gasteiger partial charge is 0.480 e. The van der Waals surface area contributed by atoms with Gasteiger partial charge in [0.25, 0.3) is 0 Å². The highest BCUT2D eigenvalue weighted by atomic mass is 35.5. The summed E-state index contributed by atoms with van der Waals surface area (Å²) < 4.78 is 115. The van der Waals surface area contributed by atoms with Crippen molar-refractivity contribution in [2.75, 3.05) is 0 Å². The van der Waals surface area contributed by atoms with Gasteiger partial charge in [-0.25, -0.2) is 8.42 Å². The van der Waals surface area contributed by atoms with E-state index in [0.29, 0.717) is 0 Å². The van der Waals surface area contributed by atoms with Gasteiger partial charge in [-0.3, -0.25) is 4.79 Å². The molecule has 0 amide bonds. The van der Waals surface area contributed by atoms with Crippen molar-refractivity contribution in [3.8, 4) is 11.5 Å². The topological polar surface area (TPSA) is 122 Å². The van der Waals surface area contributed by atoms with Crippen LogP contribution in [0.2, 0.25) is 5.02 Å². The standard InChI is InChI=1S/C24H15ClF6N2O5S/c25-12-1-4-14(5-2-12)39(36,37)19-10-33-18-6-3-13(9-15(18)19)38-21-16(23(26,27)28)7-11(20(32)22(34)35)8-17(21)24(29,30)31/h1-10,20,33H,32H2,(H,34,35)/t20-/m1/s1. The number of fused-ring (bicyclic) bond motifs is 1. The first-order chi connectivity index (χ1) is 18.0. The minimum absolute atomic E-state index is 0.0749. The number of sulfone groups is 1. The lowest BCUT2D eigenvalue weighted by molar-refractivity contribution is -0.146. The highest BCUT2D eigenvalue weighted by molar-refractivity contribution is 7.91. The summed E-state index contributed by atoms with van der Waals surface area (Å²) in [7, 11) is -4.19. The van der Waals surface area contributed by atoms with Crippen molar-refractivity contribution in [2.24, 2.45) is 5.73 Å². The molecule has 4 rings (SSSR count). The number of carboxylic acids is 1. The maximum atomic E-state index is 13.9. The van der Waals surface area contributed by atoms with Crippen LogP contribution in [0.15, 0.2) is 70.6 Å². The van der Waals surface area contributed by atoms with Crippen LogP contribution in [-0.2, 0) is 27.0 Å². The second kappa shape index (κ2) is 9.77. The fraction of sp³-hybridized carbons (Fsp3) is 0.125. The molecule has 0 spiro atoms. The van der Waals surface area contributed by atoms with Gasteiger partial charge in [0.1, 0.15) is 11.8 Å². The summed E-state index contributed by atoms with van der Waals surface area (Å²) >= 11 is 5.80. The van der Waals surface area contributed by atoms with E-state index in [4.69, 9.17) is 27.2 Å². The van der Waals surface area contributed by atoms with E-state index in [0.717, 1.165) is 18.3 Å². The Labute approximate surface area is 220 Å². The van der Waals surface area contributed by atoms with Crippen LogP contribution in [0, 0.1) is 0 Å². The van der Waals surface area contributed by atoms with Crippen LogP contribution >= 0.6 is 11.6 Å². The second-order valence-corrected chi connectivity index (χ2v) is 10.5. The van der Waals surface area contributed by atoms with Gasteiger partial charge in [-0.2, -0.15) is 26.3 Å². The van der Waals surface area contributed by atoms with Gasteiger partial charge in [0.15, 0.2) is 5.75 Å². The molecule has 4 aromatic rings. The van der Waals surface area contributed by atoms with Crippen LogP contribution in [0.4, 0.5) is 26.3 Å². The number of rotatable bonds is 6. The summed E-state index contributed by atoms with van der Waals surface area (Å²) in [6.07, 6.45) is -9.71. The number of aromatic nitrogens is 1. The fourth-order valence-electron chi connectivity index (χ4n) is 3.72. The Morgan fingerprint density at radius 2 is 1.51 bits per heavy atom. The number of alkyl halides is 6. The van der Waals surface area contributed by atoms with E-state index in [1.54, 1.807) is 0 Å². The number of nitrogens with two attached hydrogens (primary N) is 1. The molecule has 0 radical (unpaired) electrons. The predicted octanol–water partition coefficient (Wildman–Crippen LogP) is 6.57. The summed E-state index contributed by atoms with van der Waals surface area (Å²) in [5.41, 5.74) is 0.685. The molecule has 15 heteroatoms. The third-order valence-electron chi connectivity index (χ3n) is 5.60. The normalized spacial score (nSPS) is 13.4. The zero-order chi connectivity index (χ0) is 28.9. The Hall–Kier alpha value is -3.75. The van der Waals surface area contributed by atoms with Crippen LogP contribution in [0.1, 0.15) is 22.7 Å². The van der Waals surface area contributed by atoms with Crippen molar-refractivity contribution in [3.63, 3.8) is 0 Å². The van der Waals surface area contributed by atoms with Gasteiger partial charge in [0.05, 0.1) is 20.9 Å². The van der Waals surface area contributed by atoms with E-state index in [1.165, 1.54) is 30.3 Å². The molecule has 206 valence electrons. The first-order valence-corrected chi connectivity index (χ1v) is 12.5. The molecule has 4 N–H and O–H groups in total. The number of H-pyrrole nitrogens is 1. The van der Waals surface area contributed by atoms with Gasteiger partial charge in [-0.05, 0) is 60.2 Å². The predicted molar refractivity (Wildman–Crippen MR) is 126 cm³/mol. The van der Waals surface area contributed by atoms with Crippen molar-refractivity contribution in [3.05, 3.63) is 82.5 Å². The number of carbonyl (C=O) groups is 1. The first kappa shape index (κ1) is 28.3. The molecule has 1 heterocycles. The maximum absolute atomic E-state index is 13.9. The molecule has 0 unspecified atom stereocenters. The molecule has 0 saturated carbocycles. The van der Waals surface area contributed by atoms with Crippen LogP contribution in [0.3, 0.4) is 0 Å². The molecule has 7 nitrogen and oxygen atoms in total. The summed E-state index contributed by atoms with van der Waals surface area (Å²) in [4.78, 5) is 13.3. The molecular formula is C24H15ClF6N2O5S. The zero-order valence-corrected chi connectivity index (χ0v) is 20.6. The van der Waals surface area contributed by atoms with Crippen molar-refractivity contribution < 1.29 is 49.4 Å². The highest BCUT2D eigenvalue weighted by Crippen LogP contribution is 2.47.